The van der Waals surface area contributed by atoms with Crippen LogP contribution in [0.2, 0.25) is 0 Å². The van der Waals surface area contributed by atoms with Crippen LogP contribution in [0.3, 0.4) is 0 Å². The topological polar surface area (TPSA) is 14.1 Å². The fourth-order valence-electron chi connectivity index (χ4n) is 4.07. The number of rotatable bonds is 9. The van der Waals surface area contributed by atoms with Gasteiger partial charge in [-0.2, -0.15) is 0 Å². The minimum atomic E-state index is 0.780. The first-order chi connectivity index (χ1) is 10.9. The Morgan fingerprint density at radius 3 is 2.50 bits per heavy atom. The van der Waals surface area contributed by atoms with E-state index in [0.29, 0.717) is 0 Å². The first-order valence-electron chi connectivity index (χ1n) is 9.44. The van der Waals surface area contributed by atoms with Crippen LogP contribution in [0.1, 0.15) is 83.1 Å². The molecule has 1 nitrogen and oxygen atoms in total. The van der Waals surface area contributed by atoms with E-state index in [-0.39, 0.29) is 0 Å². The van der Waals surface area contributed by atoms with Gasteiger partial charge in [0, 0.05) is 11.3 Å². The molecule has 119 valence electrons. The fraction of sp³-hybridized carbons (Fsp3) is 0.619. The van der Waals surface area contributed by atoms with Crippen LogP contribution in [-0.2, 0) is 0 Å². The van der Waals surface area contributed by atoms with Crippen LogP contribution in [0.25, 0.3) is 5.57 Å². The second-order valence-corrected chi connectivity index (χ2v) is 6.99. The van der Waals surface area contributed by atoms with Crippen LogP contribution in [0.4, 0.5) is 5.69 Å². The molecule has 0 saturated carbocycles. The second-order valence-electron chi connectivity index (χ2n) is 6.99. The molecule has 1 aromatic carbocycles. The van der Waals surface area contributed by atoms with E-state index in [1.807, 2.05) is 0 Å². The SMILES string of the molecule is CCCCCCCCCCC1CCC2=C1c1ccccc1[N]2. The number of benzene rings is 1. The molecule has 0 saturated heterocycles. The molecule has 1 aromatic rings. The summed E-state index contributed by atoms with van der Waals surface area (Å²) in [7, 11) is 0. The van der Waals surface area contributed by atoms with E-state index in [9.17, 15) is 0 Å². The number of hydrogen-bond acceptors (Lipinski definition) is 0. The summed E-state index contributed by atoms with van der Waals surface area (Å²) in [6.07, 6.45) is 15.3. The average Bonchev–Trinajstić information content (AvgIpc) is 3.09. The smallest absolute Gasteiger partial charge is 0.0708 e. The quantitative estimate of drug-likeness (QED) is 0.456. The van der Waals surface area contributed by atoms with Crippen molar-refractivity contribution in [3.63, 3.8) is 0 Å². The normalized spacial score (nSPS) is 19.2. The van der Waals surface area contributed by atoms with E-state index in [2.05, 4.69) is 31.2 Å². The lowest BCUT2D eigenvalue weighted by Crippen LogP contribution is -1.99. The van der Waals surface area contributed by atoms with Crippen molar-refractivity contribution in [2.75, 3.05) is 0 Å². The van der Waals surface area contributed by atoms with Gasteiger partial charge in [0.2, 0.25) is 0 Å². The van der Waals surface area contributed by atoms with E-state index < -0.39 is 0 Å². The van der Waals surface area contributed by atoms with Crippen molar-refractivity contribution in [2.45, 2.75) is 77.6 Å². The molecular formula is C21H30N. The van der Waals surface area contributed by atoms with Gasteiger partial charge in [-0.05, 0) is 36.8 Å². The lowest BCUT2D eigenvalue weighted by molar-refractivity contribution is 0.513. The molecule has 1 aliphatic carbocycles. The second kappa shape index (κ2) is 7.85. The summed E-state index contributed by atoms with van der Waals surface area (Å²) < 4.78 is 0. The number of nitrogens with zero attached hydrogens (tertiary/aromatic N) is 1. The molecule has 1 heteroatoms. The molecule has 22 heavy (non-hydrogen) atoms. The zero-order chi connectivity index (χ0) is 15.2. The maximum atomic E-state index is 4.83. The van der Waals surface area contributed by atoms with Crippen molar-refractivity contribution < 1.29 is 0 Å². The zero-order valence-corrected chi connectivity index (χ0v) is 14.1. The molecule has 1 heterocycles. The Morgan fingerprint density at radius 1 is 0.955 bits per heavy atom. The van der Waals surface area contributed by atoms with E-state index >= 15 is 0 Å². The molecular weight excluding hydrogens is 266 g/mol. The minimum absolute atomic E-state index is 0.780. The van der Waals surface area contributed by atoms with Gasteiger partial charge in [0.15, 0.2) is 0 Å². The van der Waals surface area contributed by atoms with E-state index in [1.54, 1.807) is 5.57 Å². The highest BCUT2D eigenvalue weighted by Crippen LogP contribution is 2.48. The van der Waals surface area contributed by atoms with Crippen LogP contribution in [0.15, 0.2) is 30.0 Å². The molecule has 0 aromatic heterocycles. The summed E-state index contributed by atoms with van der Waals surface area (Å²) in [5.74, 6) is 0.780. The molecule has 1 aliphatic heterocycles. The van der Waals surface area contributed by atoms with Gasteiger partial charge < -0.3 is 0 Å². The molecule has 1 unspecified atom stereocenters. The lowest BCUT2D eigenvalue weighted by Gasteiger charge is -2.14. The van der Waals surface area contributed by atoms with Crippen molar-refractivity contribution in [2.24, 2.45) is 5.92 Å². The van der Waals surface area contributed by atoms with Crippen LogP contribution in [0, 0.1) is 5.92 Å². The van der Waals surface area contributed by atoms with Crippen LogP contribution < -0.4 is 5.32 Å². The van der Waals surface area contributed by atoms with Crippen molar-refractivity contribution in [1.82, 2.24) is 5.32 Å². The maximum Gasteiger partial charge on any atom is 0.0708 e. The molecule has 3 rings (SSSR count). The first kappa shape index (κ1) is 15.6. The van der Waals surface area contributed by atoms with Gasteiger partial charge in [-0.3, -0.25) is 5.32 Å². The Kier molecular flexibility index (Phi) is 5.58. The molecule has 2 aliphatic rings. The van der Waals surface area contributed by atoms with E-state index in [1.165, 1.54) is 87.6 Å². The third-order valence-corrected chi connectivity index (χ3v) is 5.30. The van der Waals surface area contributed by atoms with Gasteiger partial charge in [0.05, 0.1) is 5.69 Å². The maximum absolute atomic E-state index is 4.83. The third-order valence-electron chi connectivity index (χ3n) is 5.30. The number of allylic oxidation sites excluding steroid dienone is 2. The molecule has 0 spiro atoms. The summed E-state index contributed by atoms with van der Waals surface area (Å²) in [6.45, 7) is 2.29. The predicted molar refractivity (Wildman–Crippen MR) is 95.1 cm³/mol. The first-order valence-corrected chi connectivity index (χ1v) is 9.44. The van der Waals surface area contributed by atoms with Gasteiger partial charge in [0.1, 0.15) is 0 Å². The summed E-state index contributed by atoms with van der Waals surface area (Å²) in [4.78, 5) is 0. The van der Waals surface area contributed by atoms with E-state index in [4.69, 9.17) is 5.32 Å². The van der Waals surface area contributed by atoms with Gasteiger partial charge in [0.25, 0.3) is 0 Å². The highest BCUT2D eigenvalue weighted by molar-refractivity contribution is 5.84. The minimum Gasteiger partial charge on any atom is -0.253 e. The van der Waals surface area contributed by atoms with Gasteiger partial charge in [-0.1, -0.05) is 76.5 Å². The monoisotopic (exact) mass is 296 g/mol. The summed E-state index contributed by atoms with van der Waals surface area (Å²) in [5, 5.41) is 4.83. The highest BCUT2D eigenvalue weighted by Gasteiger charge is 2.33. The largest absolute Gasteiger partial charge is 0.253 e. The van der Waals surface area contributed by atoms with E-state index in [0.717, 1.165) is 5.92 Å². The van der Waals surface area contributed by atoms with Gasteiger partial charge in [-0.15, -0.1) is 0 Å². The highest BCUT2D eigenvalue weighted by atomic mass is 14.9. The zero-order valence-electron chi connectivity index (χ0n) is 14.1. The molecule has 0 N–H and O–H groups in total. The average molecular weight is 296 g/mol. The van der Waals surface area contributed by atoms with Crippen molar-refractivity contribution in [3.05, 3.63) is 35.5 Å². The summed E-state index contributed by atoms with van der Waals surface area (Å²) in [5.41, 5.74) is 5.64. The summed E-state index contributed by atoms with van der Waals surface area (Å²) >= 11 is 0. The Morgan fingerprint density at radius 2 is 1.68 bits per heavy atom. The lowest BCUT2D eigenvalue weighted by atomic mass is 9.90. The van der Waals surface area contributed by atoms with Crippen LogP contribution in [0.5, 0.6) is 0 Å². The van der Waals surface area contributed by atoms with Gasteiger partial charge in [-0.25, -0.2) is 0 Å². The third kappa shape index (κ3) is 3.56. The molecule has 0 bridgehead atoms. The Hall–Kier alpha value is -1.24. The molecule has 0 amide bonds. The van der Waals surface area contributed by atoms with Crippen molar-refractivity contribution in [3.8, 4) is 0 Å². The molecule has 0 fully saturated rings. The van der Waals surface area contributed by atoms with Crippen molar-refractivity contribution >= 4 is 11.3 Å². The van der Waals surface area contributed by atoms with Gasteiger partial charge >= 0.3 is 0 Å². The standard InChI is InChI=1S/C21H30N/c1-2-3-4-5-6-7-8-9-12-17-15-16-20-21(17)18-13-10-11-14-19(18)22-20/h10-11,13-14,17H,2-9,12,15-16H2,1H3. The Bertz CT molecular complexity index is 514. The summed E-state index contributed by atoms with van der Waals surface area (Å²) in [6, 6.07) is 8.71. The predicted octanol–water partition coefficient (Wildman–Crippen LogP) is 6.59. The number of hydrogen-bond donors (Lipinski definition) is 0. The Balaban J connectivity index is 1.40. The van der Waals surface area contributed by atoms with Crippen molar-refractivity contribution in [1.29, 1.82) is 0 Å². The molecule has 1 atom stereocenters. The molecule has 1 radical (unpaired) electrons. The van der Waals surface area contributed by atoms with Crippen LogP contribution in [-0.4, -0.2) is 0 Å². The Labute approximate surface area is 136 Å². The fourth-order valence-corrected chi connectivity index (χ4v) is 4.07. The number of unbranched alkanes of at least 4 members (excludes halogenated alkanes) is 7. The van der Waals surface area contributed by atoms with Crippen LogP contribution >= 0.6 is 0 Å². The number of para-hydroxylation sites is 1. The number of fused-ring (bicyclic) bond motifs is 2.